The molecular formula is C20H25NO2. The Morgan fingerprint density at radius 1 is 1.00 bits per heavy atom. The van der Waals surface area contributed by atoms with E-state index in [9.17, 15) is 0 Å². The first-order valence-corrected chi connectivity index (χ1v) is 8.21. The Balaban J connectivity index is 2.15. The molecule has 0 aliphatic carbocycles. The van der Waals surface area contributed by atoms with Gasteiger partial charge in [-0.3, -0.25) is 4.90 Å². The highest BCUT2D eigenvalue weighted by Gasteiger charge is 2.31. The molecule has 0 N–H and O–H groups in total. The minimum absolute atomic E-state index is 0.264. The molecule has 3 heteroatoms. The van der Waals surface area contributed by atoms with E-state index in [1.807, 2.05) is 0 Å². The van der Waals surface area contributed by atoms with Crippen LogP contribution in [0.5, 0.6) is 11.5 Å². The molecule has 0 saturated carbocycles. The number of benzene rings is 2. The van der Waals surface area contributed by atoms with Gasteiger partial charge in [0.15, 0.2) is 11.5 Å². The molecule has 0 saturated heterocycles. The third-order valence-electron chi connectivity index (χ3n) is 4.69. The van der Waals surface area contributed by atoms with E-state index in [0.717, 1.165) is 24.5 Å². The summed E-state index contributed by atoms with van der Waals surface area (Å²) in [7, 11) is 3.40. The summed E-state index contributed by atoms with van der Waals surface area (Å²) in [5, 5.41) is 0. The lowest BCUT2D eigenvalue weighted by Gasteiger charge is -2.40. The van der Waals surface area contributed by atoms with Crippen LogP contribution in [0.4, 0.5) is 0 Å². The van der Waals surface area contributed by atoms with Crippen molar-refractivity contribution >= 4 is 0 Å². The largest absolute Gasteiger partial charge is 0.493 e. The summed E-state index contributed by atoms with van der Waals surface area (Å²) in [6, 6.07) is 15.8. The third-order valence-corrected chi connectivity index (χ3v) is 4.69. The molecule has 0 aromatic heterocycles. The predicted octanol–water partition coefficient (Wildman–Crippen LogP) is 4.06. The van der Waals surface area contributed by atoms with Gasteiger partial charge in [-0.2, -0.15) is 0 Å². The normalized spacial score (nSPS) is 17.9. The zero-order valence-corrected chi connectivity index (χ0v) is 14.4. The van der Waals surface area contributed by atoms with Crippen LogP contribution in [0.25, 0.3) is 0 Å². The van der Waals surface area contributed by atoms with Crippen molar-refractivity contribution in [2.75, 3.05) is 20.8 Å². The van der Waals surface area contributed by atoms with E-state index in [-0.39, 0.29) is 6.04 Å². The molecular weight excluding hydrogens is 286 g/mol. The monoisotopic (exact) mass is 311 g/mol. The Morgan fingerprint density at radius 3 is 2.26 bits per heavy atom. The van der Waals surface area contributed by atoms with Crippen molar-refractivity contribution < 1.29 is 9.47 Å². The summed E-state index contributed by atoms with van der Waals surface area (Å²) >= 11 is 0. The van der Waals surface area contributed by atoms with Crippen LogP contribution >= 0.6 is 0 Å². The van der Waals surface area contributed by atoms with Crippen LogP contribution in [0.1, 0.15) is 36.6 Å². The Kier molecular flexibility index (Phi) is 4.58. The summed E-state index contributed by atoms with van der Waals surface area (Å²) in [4.78, 5) is 2.56. The molecule has 3 nitrogen and oxygen atoms in total. The van der Waals surface area contributed by atoms with Gasteiger partial charge in [0.25, 0.3) is 0 Å². The van der Waals surface area contributed by atoms with Crippen LogP contribution in [-0.2, 0) is 6.42 Å². The topological polar surface area (TPSA) is 21.7 Å². The second-order valence-corrected chi connectivity index (χ2v) is 6.30. The van der Waals surface area contributed by atoms with Crippen LogP contribution in [0.3, 0.4) is 0 Å². The predicted molar refractivity (Wildman–Crippen MR) is 93.4 cm³/mol. The highest BCUT2D eigenvalue weighted by atomic mass is 16.5. The van der Waals surface area contributed by atoms with Crippen LogP contribution in [0, 0.1) is 0 Å². The van der Waals surface area contributed by atoms with Crippen molar-refractivity contribution in [3.63, 3.8) is 0 Å². The quantitative estimate of drug-likeness (QED) is 0.850. The van der Waals surface area contributed by atoms with E-state index in [4.69, 9.17) is 9.47 Å². The summed E-state index contributed by atoms with van der Waals surface area (Å²) in [5.41, 5.74) is 4.01. The van der Waals surface area contributed by atoms with E-state index in [2.05, 4.69) is 61.2 Å². The number of hydrogen-bond donors (Lipinski definition) is 0. The van der Waals surface area contributed by atoms with E-state index in [1.165, 1.54) is 16.7 Å². The van der Waals surface area contributed by atoms with E-state index in [0.29, 0.717) is 6.04 Å². The maximum absolute atomic E-state index is 5.54. The van der Waals surface area contributed by atoms with Gasteiger partial charge < -0.3 is 9.47 Å². The number of rotatable bonds is 4. The molecule has 1 aliphatic rings. The number of hydrogen-bond acceptors (Lipinski definition) is 3. The molecule has 0 unspecified atom stereocenters. The molecule has 0 radical (unpaired) electrons. The third kappa shape index (κ3) is 2.93. The summed E-state index contributed by atoms with van der Waals surface area (Å²) in [5.74, 6) is 1.62. The van der Waals surface area contributed by atoms with E-state index >= 15 is 0 Å². The Hall–Kier alpha value is -2.00. The number of methoxy groups -OCH3 is 2. The van der Waals surface area contributed by atoms with Crippen molar-refractivity contribution in [1.82, 2.24) is 4.90 Å². The molecule has 122 valence electrons. The number of ether oxygens (including phenoxy) is 2. The molecule has 1 atom stereocenters. The Bertz CT molecular complexity index is 667. The molecule has 0 spiro atoms. The average molecular weight is 311 g/mol. The van der Waals surface area contributed by atoms with Crippen LogP contribution in [0.2, 0.25) is 0 Å². The van der Waals surface area contributed by atoms with Crippen molar-refractivity contribution in [3.05, 3.63) is 59.2 Å². The fraction of sp³-hybridized carbons (Fsp3) is 0.400. The first-order valence-electron chi connectivity index (χ1n) is 8.21. The van der Waals surface area contributed by atoms with Crippen molar-refractivity contribution in [1.29, 1.82) is 0 Å². The second-order valence-electron chi connectivity index (χ2n) is 6.30. The van der Waals surface area contributed by atoms with Crippen molar-refractivity contribution in [2.45, 2.75) is 32.4 Å². The highest BCUT2D eigenvalue weighted by Crippen LogP contribution is 2.41. The van der Waals surface area contributed by atoms with Gasteiger partial charge in [-0.25, -0.2) is 0 Å². The molecule has 23 heavy (non-hydrogen) atoms. The van der Waals surface area contributed by atoms with E-state index in [1.54, 1.807) is 14.2 Å². The smallest absolute Gasteiger partial charge is 0.161 e. The Labute approximate surface area is 138 Å². The molecule has 2 aromatic rings. The standard InChI is InChI=1S/C20H25NO2/c1-14(2)21-11-10-16-12-18(22-3)19(23-4)13-17(16)20(21)15-8-6-5-7-9-15/h5-9,12-14,20H,10-11H2,1-4H3/t20-/m0/s1. The van der Waals surface area contributed by atoms with E-state index < -0.39 is 0 Å². The number of fused-ring (bicyclic) bond motifs is 1. The lowest BCUT2D eigenvalue weighted by molar-refractivity contribution is 0.167. The lowest BCUT2D eigenvalue weighted by atomic mass is 9.87. The summed E-state index contributed by atoms with van der Waals surface area (Å²) < 4.78 is 11.0. The molecule has 0 amide bonds. The molecule has 1 heterocycles. The first kappa shape index (κ1) is 15.9. The van der Waals surface area contributed by atoms with Crippen LogP contribution in [-0.4, -0.2) is 31.7 Å². The summed E-state index contributed by atoms with van der Waals surface area (Å²) in [6.07, 6.45) is 1.04. The maximum atomic E-state index is 5.54. The molecule has 3 rings (SSSR count). The van der Waals surface area contributed by atoms with Gasteiger partial charge >= 0.3 is 0 Å². The fourth-order valence-corrected chi connectivity index (χ4v) is 3.53. The molecule has 2 aromatic carbocycles. The van der Waals surface area contributed by atoms with Crippen molar-refractivity contribution in [3.8, 4) is 11.5 Å². The lowest BCUT2D eigenvalue weighted by Crippen LogP contribution is -2.40. The van der Waals surface area contributed by atoms with Gasteiger partial charge in [0, 0.05) is 12.6 Å². The second kappa shape index (κ2) is 6.63. The van der Waals surface area contributed by atoms with Crippen LogP contribution in [0.15, 0.2) is 42.5 Å². The van der Waals surface area contributed by atoms with Crippen LogP contribution < -0.4 is 9.47 Å². The minimum Gasteiger partial charge on any atom is -0.493 e. The SMILES string of the molecule is COc1cc2c(cc1OC)[C@H](c1ccccc1)N(C(C)C)CC2. The molecule has 0 bridgehead atoms. The van der Waals surface area contributed by atoms with Gasteiger partial charge in [-0.1, -0.05) is 30.3 Å². The first-order chi connectivity index (χ1) is 11.2. The Morgan fingerprint density at radius 2 is 1.65 bits per heavy atom. The zero-order valence-electron chi connectivity index (χ0n) is 14.4. The number of nitrogens with zero attached hydrogens (tertiary/aromatic N) is 1. The van der Waals surface area contributed by atoms with Gasteiger partial charge in [0.05, 0.1) is 20.3 Å². The van der Waals surface area contributed by atoms with Gasteiger partial charge in [-0.05, 0) is 49.1 Å². The maximum Gasteiger partial charge on any atom is 0.161 e. The average Bonchev–Trinajstić information content (AvgIpc) is 2.59. The molecule has 1 aliphatic heterocycles. The minimum atomic E-state index is 0.264. The molecule has 0 fully saturated rings. The fourth-order valence-electron chi connectivity index (χ4n) is 3.53. The van der Waals surface area contributed by atoms with Gasteiger partial charge in [0.1, 0.15) is 0 Å². The highest BCUT2D eigenvalue weighted by molar-refractivity contribution is 5.51. The van der Waals surface area contributed by atoms with Crippen molar-refractivity contribution in [2.24, 2.45) is 0 Å². The zero-order chi connectivity index (χ0) is 16.4. The van der Waals surface area contributed by atoms with Gasteiger partial charge in [-0.15, -0.1) is 0 Å². The van der Waals surface area contributed by atoms with Gasteiger partial charge in [0.2, 0.25) is 0 Å². The summed E-state index contributed by atoms with van der Waals surface area (Å²) in [6.45, 7) is 5.59.